The van der Waals surface area contributed by atoms with Crippen molar-refractivity contribution in [2.24, 2.45) is 5.73 Å². The van der Waals surface area contributed by atoms with Crippen LogP contribution in [0, 0.1) is 0 Å². The van der Waals surface area contributed by atoms with Crippen LogP contribution in [0.1, 0.15) is 5.82 Å². The predicted molar refractivity (Wildman–Crippen MR) is 64.2 cm³/mol. The molecule has 14 heavy (non-hydrogen) atoms. The summed E-state index contributed by atoms with van der Waals surface area (Å²) in [6.45, 7) is 0.467. The van der Waals surface area contributed by atoms with E-state index in [2.05, 4.69) is 34.4 Å². The fraction of sp³-hybridized carbons (Fsp3) is 0.111. The Balaban J connectivity index is 0.000000293. The first-order chi connectivity index (χ1) is 6.81. The van der Waals surface area contributed by atoms with Gasteiger partial charge in [0.05, 0.1) is 17.6 Å². The number of thiocarbonyl (C=S) groups is 2. The summed E-state index contributed by atoms with van der Waals surface area (Å²) in [4.78, 5) is 7.36. The number of imidazole rings is 1. The van der Waals surface area contributed by atoms with Gasteiger partial charge in [0, 0.05) is 4.31 Å². The summed E-state index contributed by atoms with van der Waals surface area (Å²) in [5.41, 5.74) is 7.45. The van der Waals surface area contributed by atoms with E-state index in [1.54, 1.807) is 0 Å². The van der Waals surface area contributed by atoms with E-state index in [1.807, 2.05) is 28.6 Å². The average Bonchev–Trinajstić information content (AvgIpc) is 2.61. The molecule has 3 N–H and O–H groups in total. The second-order valence-corrected chi connectivity index (χ2v) is 3.15. The molecule has 3 nitrogen and oxygen atoms in total. The van der Waals surface area contributed by atoms with Crippen LogP contribution in [0.3, 0.4) is 0 Å². The maximum atomic E-state index is 5.42. The molecule has 1 aromatic heterocycles. The molecule has 0 saturated heterocycles. The minimum absolute atomic E-state index is 0.467. The zero-order valence-electron chi connectivity index (χ0n) is 7.36. The van der Waals surface area contributed by atoms with E-state index >= 15 is 0 Å². The fourth-order valence-corrected chi connectivity index (χ4v) is 1.10. The Morgan fingerprint density at radius 2 is 2.00 bits per heavy atom. The van der Waals surface area contributed by atoms with Crippen LogP contribution < -0.4 is 5.73 Å². The van der Waals surface area contributed by atoms with E-state index < -0.39 is 0 Å². The second kappa shape index (κ2) is 5.57. The van der Waals surface area contributed by atoms with E-state index in [9.17, 15) is 0 Å². The van der Waals surface area contributed by atoms with Crippen LogP contribution in [-0.2, 0) is 6.54 Å². The number of para-hydroxylation sites is 2. The van der Waals surface area contributed by atoms with E-state index in [1.165, 1.54) is 0 Å². The number of nitrogens with two attached hydrogens (primary N) is 1. The number of hydrogen-bond donors (Lipinski definition) is 2. The van der Waals surface area contributed by atoms with Crippen LogP contribution in [0.25, 0.3) is 11.0 Å². The van der Waals surface area contributed by atoms with Gasteiger partial charge < -0.3 is 10.7 Å². The standard InChI is InChI=1S/C8H9N3.CS2/c9-5-8-10-6-3-1-2-4-7(6)11-8;2-1-3/h1-4H,5,9H2,(H,10,11);. The lowest BCUT2D eigenvalue weighted by Crippen LogP contribution is -1.97. The van der Waals surface area contributed by atoms with Crippen LogP contribution >= 0.6 is 24.4 Å². The number of aromatic nitrogens is 2. The predicted octanol–water partition coefficient (Wildman–Crippen LogP) is 2.04. The van der Waals surface area contributed by atoms with Crippen molar-refractivity contribution < 1.29 is 0 Å². The smallest absolute Gasteiger partial charge is 0.121 e. The zero-order chi connectivity index (χ0) is 10.4. The van der Waals surface area contributed by atoms with E-state index in [4.69, 9.17) is 5.73 Å². The quantitative estimate of drug-likeness (QED) is 0.726. The van der Waals surface area contributed by atoms with Crippen molar-refractivity contribution in [2.45, 2.75) is 6.54 Å². The summed E-state index contributed by atoms with van der Waals surface area (Å²) in [6, 6.07) is 7.89. The Bertz CT molecular complexity index is 411. The molecular formula is C9H9N3S2. The molecule has 0 spiro atoms. The van der Waals surface area contributed by atoms with Gasteiger partial charge in [-0.3, -0.25) is 0 Å². The van der Waals surface area contributed by atoms with Crippen molar-refractivity contribution in [2.75, 3.05) is 0 Å². The molecule has 0 amide bonds. The lowest BCUT2D eigenvalue weighted by molar-refractivity contribution is 0.958. The van der Waals surface area contributed by atoms with Gasteiger partial charge >= 0.3 is 0 Å². The van der Waals surface area contributed by atoms with Gasteiger partial charge in [0.15, 0.2) is 0 Å². The minimum atomic E-state index is 0.467. The van der Waals surface area contributed by atoms with Crippen LogP contribution in [0.5, 0.6) is 0 Å². The molecule has 0 aliphatic heterocycles. The highest BCUT2D eigenvalue weighted by atomic mass is 32.1. The van der Waals surface area contributed by atoms with Crippen LogP contribution in [0.2, 0.25) is 0 Å². The second-order valence-electron chi connectivity index (χ2n) is 2.49. The monoisotopic (exact) mass is 223 g/mol. The van der Waals surface area contributed by atoms with Gasteiger partial charge in [-0.05, 0) is 36.6 Å². The molecule has 0 aliphatic rings. The van der Waals surface area contributed by atoms with E-state index in [0.29, 0.717) is 6.54 Å². The SMILES string of the molecule is NCc1nc2ccccc2[nH]1.S=C=S. The van der Waals surface area contributed by atoms with Crippen LogP contribution in [-0.4, -0.2) is 14.3 Å². The Hall–Kier alpha value is -1.13. The van der Waals surface area contributed by atoms with Gasteiger partial charge in [-0.15, -0.1) is 0 Å². The molecular weight excluding hydrogens is 214 g/mol. The van der Waals surface area contributed by atoms with Crippen molar-refractivity contribution in [3.8, 4) is 0 Å². The molecule has 5 heteroatoms. The van der Waals surface area contributed by atoms with Crippen LogP contribution in [0.4, 0.5) is 0 Å². The first-order valence-corrected chi connectivity index (χ1v) is 4.76. The molecule has 0 bridgehead atoms. The molecule has 0 saturated carbocycles. The summed E-state index contributed by atoms with van der Waals surface area (Å²) < 4.78 is 1.92. The lowest BCUT2D eigenvalue weighted by Gasteiger charge is -1.82. The summed E-state index contributed by atoms with van der Waals surface area (Å²) in [5, 5.41) is 0. The highest BCUT2D eigenvalue weighted by Crippen LogP contribution is 2.09. The lowest BCUT2D eigenvalue weighted by atomic mass is 10.3. The Morgan fingerprint density at radius 3 is 2.57 bits per heavy atom. The molecule has 1 heterocycles. The third kappa shape index (κ3) is 2.68. The number of aromatic amines is 1. The number of nitrogens with zero attached hydrogens (tertiary/aromatic N) is 1. The number of H-pyrrole nitrogens is 1. The van der Waals surface area contributed by atoms with Gasteiger partial charge in [0.25, 0.3) is 0 Å². The van der Waals surface area contributed by atoms with Gasteiger partial charge in [-0.2, -0.15) is 0 Å². The fourth-order valence-electron chi connectivity index (χ4n) is 1.10. The highest BCUT2D eigenvalue weighted by molar-refractivity contribution is 7.93. The van der Waals surface area contributed by atoms with Gasteiger partial charge in [0.2, 0.25) is 0 Å². The highest BCUT2D eigenvalue weighted by Gasteiger charge is 1.97. The van der Waals surface area contributed by atoms with Gasteiger partial charge in [-0.25, -0.2) is 4.98 Å². The molecule has 0 atom stereocenters. The average molecular weight is 223 g/mol. The largest absolute Gasteiger partial charge is 0.341 e. The van der Waals surface area contributed by atoms with E-state index in [0.717, 1.165) is 16.9 Å². The molecule has 72 valence electrons. The first-order valence-electron chi connectivity index (χ1n) is 3.94. The molecule has 2 aromatic rings. The normalized spacial score (nSPS) is 8.93. The molecule has 2 rings (SSSR count). The topological polar surface area (TPSA) is 54.7 Å². The number of nitrogens with one attached hydrogen (secondary N) is 1. The van der Waals surface area contributed by atoms with Crippen molar-refractivity contribution in [1.29, 1.82) is 0 Å². The number of fused-ring (bicyclic) bond motifs is 1. The number of hydrogen-bond acceptors (Lipinski definition) is 4. The van der Waals surface area contributed by atoms with Gasteiger partial charge in [0.1, 0.15) is 5.82 Å². The number of benzene rings is 1. The van der Waals surface area contributed by atoms with Crippen molar-refractivity contribution in [3.63, 3.8) is 0 Å². The van der Waals surface area contributed by atoms with Crippen LogP contribution in [0.15, 0.2) is 24.3 Å². The Morgan fingerprint density at radius 1 is 1.36 bits per heavy atom. The Kier molecular flexibility index (Phi) is 4.35. The van der Waals surface area contributed by atoms with Gasteiger partial charge in [-0.1, -0.05) is 12.1 Å². The summed E-state index contributed by atoms with van der Waals surface area (Å²) in [5.74, 6) is 0.839. The van der Waals surface area contributed by atoms with Crippen molar-refractivity contribution >= 4 is 39.8 Å². The van der Waals surface area contributed by atoms with Crippen molar-refractivity contribution in [3.05, 3.63) is 30.1 Å². The third-order valence-electron chi connectivity index (χ3n) is 1.63. The molecule has 0 fully saturated rings. The molecule has 0 radical (unpaired) electrons. The molecule has 1 aromatic carbocycles. The maximum Gasteiger partial charge on any atom is 0.121 e. The maximum absolute atomic E-state index is 5.42. The third-order valence-corrected chi connectivity index (χ3v) is 1.63. The zero-order valence-corrected chi connectivity index (χ0v) is 8.99. The number of rotatable bonds is 1. The first kappa shape index (κ1) is 10.9. The van der Waals surface area contributed by atoms with E-state index in [-0.39, 0.29) is 0 Å². The Labute approximate surface area is 92.3 Å². The summed E-state index contributed by atoms with van der Waals surface area (Å²) in [6.07, 6.45) is 0. The van der Waals surface area contributed by atoms with Crippen molar-refractivity contribution in [1.82, 2.24) is 9.97 Å². The molecule has 0 unspecified atom stereocenters. The minimum Gasteiger partial charge on any atom is -0.341 e. The summed E-state index contributed by atoms with van der Waals surface area (Å²) >= 11 is 7.92. The summed E-state index contributed by atoms with van der Waals surface area (Å²) in [7, 11) is 0. The molecule has 0 aliphatic carbocycles.